The Morgan fingerprint density at radius 2 is 1.27 bits per heavy atom. The van der Waals surface area contributed by atoms with Crippen LogP contribution in [0, 0.1) is 0 Å². The molecule has 0 saturated heterocycles. The fourth-order valence-electron chi connectivity index (χ4n) is 4.32. The molecule has 30 heavy (non-hydrogen) atoms. The van der Waals surface area contributed by atoms with Gasteiger partial charge in [0.25, 0.3) is 0 Å². The summed E-state index contributed by atoms with van der Waals surface area (Å²) in [6.45, 7) is 9.20. The maximum Gasteiger partial charge on any atom is 0.0705 e. The number of fused-ring (bicyclic) bond motifs is 10. The largest absolute Gasteiger partial charge is 0.252 e. The van der Waals surface area contributed by atoms with Gasteiger partial charge in [0.15, 0.2) is 0 Å². The van der Waals surface area contributed by atoms with E-state index in [0.29, 0.717) is 0 Å². The van der Waals surface area contributed by atoms with Crippen molar-refractivity contribution in [2.45, 2.75) is 38.5 Å². The standard InChI is InChI=1S/C28H26NP/c1-27(2)21-11-6-10-20(18-21)24-14-8-16-26(30-24)28(3,4)22-12-5-9-19(17-22)23-13-7-15-25(27)29-23/h5-18H,1-4H3. The Labute approximate surface area is 181 Å². The van der Waals surface area contributed by atoms with Crippen molar-refractivity contribution >= 4 is 8.19 Å². The third-order valence-electron chi connectivity index (χ3n) is 6.54. The van der Waals surface area contributed by atoms with Gasteiger partial charge in [0.1, 0.15) is 0 Å². The van der Waals surface area contributed by atoms with E-state index < -0.39 is 0 Å². The van der Waals surface area contributed by atoms with Gasteiger partial charge in [0.05, 0.1) is 11.4 Å². The zero-order chi connectivity index (χ0) is 20.9. The number of rotatable bonds is 0. The van der Waals surface area contributed by atoms with Gasteiger partial charge >= 0.3 is 0 Å². The number of pyridine rings is 1. The maximum atomic E-state index is 5.12. The number of hydrogen-bond donors (Lipinski definition) is 0. The molecule has 0 spiro atoms. The third-order valence-corrected chi connectivity index (χ3v) is 8.14. The number of benzene rings is 2. The molecule has 148 valence electrons. The van der Waals surface area contributed by atoms with E-state index >= 15 is 0 Å². The smallest absolute Gasteiger partial charge is 0.0705 e. The van der Waals surface area contributed by atoms with E-state index in [2.05, 4.69) is 113 Å². The molecule has 0 aliphatic carbocycles. The van der Waals surface area contributed by atoms with Gasteiger partial charge in [-0.15, -0.1) is 0 Å². The minimum absolute atomic E-state index is 0.0633. The van der Waals surface area contributed by atoms with Crippen LogP contribution in [0.1, 0.15) is 49.8 Å². The van der Waals surface area contributed by atoms with E-state index in [1.807, 2.05) is 0 Å². The van der Waals surface area contributed by atoms with Crippen molar-refractivity contribution in [3.05, 3.63) is 107 Å². The van der Waals surface area contributed by atoms with Gasteiger partial charge < -0.3 is 0 Å². The highest BCUT2D eigenvalue weighted by atomic mass is 31.0. The Bertz CT molecular complexity index is 1060. The Morgan fingerprint density at radius 3 is 2.07 bits per heavy atom. The molecule has 1 aliphatic rings. The zero-order valence-electron chi connectivity index (χ0n) is 18.0. The third kappa shape index (κ3) is 3.09. The molecule has 0 unspecified atom stereocenters. The van der Waals surface area contributed by atoms with Crippen molar-refractivity contribution < 1.29 is 0 Å². The van der Waals surface area contributed by atoms with Gasteiger partial charge in [0.2, 0.25) is 0 Å². The summed E-state index contributed by atoms with van der Waals surface area (Å²) in [4.78, 5) is 5.12. The van der Waals surface area contributed by atoms with Crippen LogP contribution < -0.4 is 0 Å². The lowest BCUT2D eigenvalue weighted by Crippen LogP contribution is -2.21. The molecule has 0 radical (unpaired) electrons. The van der Waals surface area contributed by atoms with Crippen molar-refractivity contribution in [2.24, 2.45) is 0 Å². The van der Waals surface area contributed by atoms with Gasteiger partial charge in [-0.3, -0.25) is 4.98 Å². The van der Waals surface area contributed by atoms with Crippen LogP contribution in [0.15, 0.2) is 84.9 Å². The van der Waals surface area contributed by atoms with Crippen LogP contribution in [0.5, 0.6) is 0 Å². The van der Waals surface area contributed by atoms with E-state index in [1.165, 1.54) is 41.0 Å². The molecule has 4 aromatic rings. The lowest BCUT2D eigenvalue weighted by molar-refractivity contribution is 0.618. The van der Waals surface area contributed by atoms with Crippen LogP contribution in [0.25, 0.3) is 22.1 Å². The fourth-order valence-corrected chi connectivity index (χ4v) is 5.58. The van der Waals surface area contributed by atoms with Crippen molar-refractivity contribution in [3.8, 4) is 22.1 Å². The van der Waals surface area contributed by atoms with Crippen LogP contribution in [0.2, 0.25) is 0 Å². The van der Waals surface area contributed by atoms with Crippen molar-refractivity contribution in [2.75, 3.05) is 0 Å². The number of aromatic nitrogens is 1. The molecule has 0 N–H and O–H groups in total. The summed E-state index contributed by atoms with van der Waals surface area (Å²) < 4.78 is 0. The van der Waals surface area contributed by atoms with Crippen LogP contribution >= 0.6 is 8.19 Å². The Hall–Kier alpha value is -2.76. The first-order valence-electron chi connectivity index (χ1n) is 10.5. The average Bonchev–Trinajstić information content (AvgIpc) is 2.79. The van der Waals surface area contributed by atoms with Crippen molar-refractivity contribution in [3.63, 3.8) is 0 Å². The molecule has 0 fully saturated rings. The monoisotopic (exact) mass is 407 g/mol. The topological polar surface area (TPSA) is 12.9 Å². The molecule has 8 bridgehead atoms. The van der Waals surface area contributed by atoms with Crippen LogP contribution in [-0.4, -0.2) is 4.98 Å². The van der Waals surface area contributed by atoms with Gasteiger partial charge in [-0.1, -0.05) is 90.5 Å². The van der Waals surface area contributed by atoms with Gasteiger partial charge in [-0.2, -0.15) is 0 Å². The average molecular weight is 407 g/mol. The zero-order valence-corrected chi connectivity index (χ0v) is 18.9. The van der Waals surface area contributed by atoms with Gasteiger partial charge in [-0.25, -0.2) is 0 Å². The molecule has 2 heteroatoms. The van der Waals surface area contributed by atoms with Crippen molar-refractivity contribution in [1.82, 2.24) is 4.98 Å². The second-order valence-electron chi connectivity index (χ2n) is 9.23. The van der Waals surface area contributed by atoms with Crippen LogP contribution in [-0.2, 0) is 10.8 Å². The Kier molecular flexibility index (Phi) is 4.42. The van der Waals surface area contributed by atoms with Crippen LogP contribution in [0.4, 0.5) is 0 Å². The molecule has 1 nitrogen and oxygen atoms in total. The number of hydrogen-bond acceptors (Lipinski definition) is 1. The highest BCUT2D eigenvalue weighted by Crippen LogP contribution is 2.43. The first-order chi connectivity index (χ1) is 14.4. The molecule has 3 heterocycles. The lowest BCUT2D eigenvalue weighted by Gasteiger charge is -2.28. The highest BCUT2D eigenvalue weighted by molar-refractivity contribution is 7.34. The number of nitrogens with zero attached hydrogens (tertiary/aromatic N) is 1. The Morgan fingerprint density at radius 1 is 0.633 bits per heavy atom. The van der Waals surface area contributed by atoms with Gasteiger partial charge in [-0.05, 0) is 52.3 Å². The Balaban J connectivity index is 1.85. The lowest BCUT2D eigenvalue weighted by atomic mass is 9.80. The minimum Gasteiger partial charge on any atom is -0.252 e. The van der Waals surface area contributed by atoms with Crippen LogP contribution in [0.3, 0.4) is 0 Å². The first kappa shape index (κ1) is 19.2. The summed E-state index contributed by atoms with van der Waals surface area (Å²) in [5.41, 5.74) is 6.98. The second kappa shape index (κ2) is 6.89. The van der Waals surface area contributed by atoms with E-state index in [-0.39, 0.29) is 10.8 Å². The summed E-state index contributed by atoms with van der Waals surface area (Å²) in [7, 11) is 1.28. The first-order valence-corrected chi connectivity index (χ1v) is 11.4. The second-order valence-corrected chi connectivity index (χ2v) is 10.4. The summed E-state index contributed by atoms with van der Waals surface area (Å²) >= 11 is 0. The van der Waals surface area contributed by atoms with Crippen molar-refractivity contribution in [1.29, 1.82) is 0 Å². The van der Waals surface area contributed by atoms with E-state index in [1.54, 1.807) is 0 Å². The molecular formula is C28H26NP. The molecule has 2 aromatic carbocycles. The predicted octanol–water partition coefficient (Wildman–Crippen LogP) is 7.96. The van der Waals surface area contributed by atoms with E-state index in [4.69, 9.17) is 4.98 Å². The maximum absolute atomic E-state index is 5.12. The molecule has 0 saturated carbocycles. The summed E-state index contributed by atoms with van der Waals surface area (Å²) in [6.07, 6.45) is 0. The molecule has 0 amide bonds. The molecular weight excluding hydrogens is 381 g/mol. The normalized spacial score (nSPS) is 16.1. The summed E-state index contributed by atoms with van der Waals surface area (Å²) in [5, 5.41) is 2.77. The molecule has 1 aliphatic heterocycles. The predicted molar refractivity (Wildman–Crippen MR) is 128 cm³/mol. The summed E-state index contributed by atoms with van der Waals surface area (Å²) in [6, 6.07) is 31.1. The SMILES string of the molecule is CC1(C)c2cccc(c2)-c2cccc(p2)C(C)(C)c2cccc(c2)-c2cccc1n2. The quantitative estimate of drug-likeness (QED) is 0.288. The fraction of sp³-hybridized carbons (Fsp3) is 0.214. The molecule has 0 atom stereocenters. The van der Waals surface area contributed by atoms with E-state index in [9.17, 15) is 0 Å². The highest BCUT2D eigenvalue weighted by Gasteiger charge is 2.28. The minimum atomic E-state index is -0.179. The molecule has 5 rings (SSSR count). The molecule has 2 aromatic heterocycles. The van der Waals surface area contributed by atoms with E-state index in [0.717, 1.165) is 11.4 Å². The summed E-state index contributed by atoms with van der Waals surface area (Å²) in [5.74, 6) is 0. The van der Waals surface area contributed by atoms with Gasteiger partial charge in [0, 0.05) is 21.7 Å².